The molecule has 5 heteroatoms. The average molecular weight is 321 g/mol. The molecule has 0 N–H and O–H groups in total. The number of unbranched alkanes of at least 4 members (excludes halogenated alkanes) is 1. The van der Waals surface area contributed by atoms with E-state index in [1.165, 1.54) is 7.11 Å². The highest BCUT2D eigenvalue weighted by atomic mass is 16.5. The molecule has 1 saturated heterocycles. The lowest BCUT2D eigenvalue weighted by atomic mass is 10.2. The summed E-state index contributed by atoms with van der Waals surface area (Å²) >= 11 is 0. The maximum atomic E-state index is 11.7. The normalized spacial score (nSPS) is 21.9. The lowest BCUT2D eigenvalue weighted by Gasteiger charge is -2.35. The van der Waals surface area contributed by atoms with Crippen molar-refractivity contribution in [2.75, 3.05) is 33.4 Å². The second-order valence-corrected chi connectivity index (χ2v) is 6.06. The molecule has 0 radical (unpaired) electrons. The number of ether oxygens (including phenoxy) is 3. The Morgan fingerprint density at radius 1 is 1.22 bits per heavy atom. The zero-order chi connectivity index (χ0) is 16.7. The molecule has 0 bridgehead atoms. The number of para-hydroxylation sites is 1. The van der Waals surface area contributed by atoms with Crippen molar-refractivity contribution in [3.05, 3.63) is 29.8 Å². The van der Waals surface area contributed by atoms with Crippen LogP contribution in [0, 0.1) is 0 Å². The van der Waals surface area contributed by atoms with Gasteiger partial charge in [-0.1, -0.05) is 12.1 Å². The van der Waals surface area contributed by atoms with Gasteiger partial charge in [0.15, 0.2) is 0 Å². The third-order valence-corrected chi connectivity index (χ3v) is 3.91. The molecule has 0 spiro atoms. The second-order valence-electron chi connectivity index (χ2n) is 6.06. The average Bonchev–Trinajstić information content (AvgIpc) is 2.53. The summed E-state index contributed by atoms with van der Waals surface area (Å²) in [6.07, 6.45) is 2.64. The molecule has 1 aromatic rings. The van der Waals surface area contributed by atoms with Gasteiger partial charge in [0.25, 0.3) is 0 Å². The summed E-state index contributed by atoms with van der Waals surface area (Å²) in [5.41, 5.74) is 0.478. The van der Waals surface area contributed by atoms with Crippen molar-refractivity contribution >= 4 is 5.97 Å². The minimum Gasteiger partial charge on any atom is -0.493 e. The van der Waals surface area contributed by atoms with Gasteiger partial charge in [-0.2, -0.15) is 0 Å². The van der Waals surface area contributed by atoms with E-state index in [1.54, 1.807) is 18.2 Å². The van der Waals surface area contributed by atoms with Crippen molar-refractivity contribution in [3.8, 4) is 5.75 Å². The van der Waals surface area contributed by atoms with Gasteiger partial charge < -0.3 is 14.2 Å². The summed E-state index contributed by atoms with van der Waals surface area (Å²) in [6, 6.07) is 7.19. The summed E-state index contributed by atoms with van der Waals surface area (Å²) in [6.45, 7) is 7.89. The van der Waals surface area contributed by atoms with Crippen LogP contribution in [-0.4, -0.2) is 56.4 Å². The lowest BCUT2D eigenvalue weighted by Crippen LogP contribution is -2.45. The van der Waals surface area contributed by atoms with Gasteiger partial charge in [-0.05, 0) is 45.4 Å². The number of morpholine rings is 1. The number of carbonyl (C=O) groups excluding carboxylic acids is 1. The third-order valence-electron chi connectivity index (χ3n) is 3.91. The summed E-state index contributed by atoms with van der Waals surface area (Å²) in [5.74, 6) is 0.227. The van der Waals surface area contributed by atoms with Gasteiger partial charge in [-0.15, -0.1) is 0 Å². The predicted octanol–water partition coefficient (Wildman–Crippen LogP) is 2.74. The fourth-order valence-corrected chi connectivity index (χ4v) is 2.96. The molecule has 0 saturated carbocycles. The molecular weight excluding hydrogens is 294 g/mol. The molecule has 0 unspecified atom stereocenters. The Bertz CT molecular complexity index is 496. The summed E-state index contributed by atoms with van der Waals surface area (Å²) in [5, 5.41) is 0. The Morgan fingerprint density at radius 2 is 1.91 bits per heavy atom. The summed E-state index contributed by atoms with van der Waals surface area (Å²) in [7, 11) is 1.38. The van der Waals surface area contributed by atoms with Crippen molar-refractivity contribution in [2.45, 2.75) is 38.9 Å². The number of esters is 1. The molecule has 128 valence electrons. The molecule has 2 rings (SSSR count). The third kappa shape index (κ3) is 5.52. The molecule has 1 fully saturated rings. The molecule has 0 amide bonds. The van der Waals surface area contributed by atoms with Crippen molar-refractivity contribution in [3.63, 3.8) is 0 Å². The first-order chi connectivity index (χ1) is 11.1. The van der Waals surface area contributed by atoms with E-state index in [2.05, 4.69) is 18.7 Å². The lowest BCUT2D eigenvalue weighted by molar-refractivity contribution is -0.0682. The number of nitrogens with zero attached hydrogens (tertiary/aromatic N) is 1. The molecule has 1 aliphatic heterocycles. The topological polar surface area (TPSA) is 48.0 Å². The van der Waals surface area contributed by atoms with Crippen LogP contribution in [0.5, 0.6) is 5.75 Å². The van der Waals surface area contributed by atoms with Crippen molar-refractivity contribution < 1.29 is 19.0 Å². The van der Waals surface area contributed by atoms with Gasteiger partial charge in [-0.25, -0.2) is 4.79 Å². The summed E-state index contributed by atoms with van der Waals surface area (Å²) in [4.78, 5) is 14.1. The van der Waals surface area contributed by atoms with Crippen molar-refractivity contribution in [2.24, 2.45) is 0 Å². The van der Waals surface area contributed by atoms with E-state index in [0.717, 1.165) is 32.5 Å². The Balaban J connectivity index is 1.71. The van der Waals surface area contributed by atoms with Gasteiger partial charge in [0.1, 0.15) is 11.3 Å². The van der Waals surface area contributed by atoms with Crippen LogP contribution in [0.4, 0.5) is 0 Å². The minimum atomic E-state index is -0.364. The van der Waals surface area contributed by atoms with E-state index < -0.39 is 0 Å². The Hall–Kier alpha value is -1.59. The van der Waals surface area contributed by atoms with Gasteiger partial charge in [0.05, 0.1) is 25.9 Å². The van der Waals surface area contributed by atoms with E-state index in [1.807, 2.05) is 6.07 Å². The number of carbonyl (C=O) groups is 1. The highest BCUT2D eigenvalue weighted by molar-refractivity contribution is 5.92. The van der Waals surface area contributed by atoms with Gasteiger partial charge >= 0.3 is 5.97 Å². The first-order valence-corrected chi connectivity index (χ1v) is 8.28. The van der Waals surface area contributed by atoms with Crippen LogP contribution < -0.4 is 4.74 Å². The maximum absolute atomic E-state index is 11.7. The van der Waals surface area contributed by atoms with Crippen LogP contribution in [0.15, 0.2) is 24.3 Å². The molecule has 5 nitrogen and oxygen atoms in total. The van der Waals surface area contributed by atoms with Crippen LogP contribution in [0.25, 0.3) is 0 Å². The van der Waals surface area contributed by atoms with E-state index in [0.29, 0.717) is 30.1 Å². The molecule has 23 heavy (non-hydrogen) atoms. The number of methoxy groups -OCH3 is 1. The zero-order valence-corrected chi connectivity index (χ0v) is 14.3. The van der Waals surface area contributed by atoms with Crippen LogP contribution >= 0.6 is 0 Å². The first-order valence-electron chi connectivity index (χ1n) is 8.28. The van der Waals surface area contributed by atoms with Crippen LogP contribution in [0.2, 0.25) is 0 Å². The minimum absolute atomic E-state index is 0.307. The molecule has 1 heterocycles. The molecule has 0 aliphatic carbocycles. The van der Waals surface area contributed by atoms with Crippen molar-refractivity contribution in [1.29, 1.82) is 0 Å². The molecule has 1 aliphatic rings. The first kappa shape index (κ1) is 17.8. The molecular formula is C18H27NO4. The number of rotatable bonds is 7. The van der Waals surface area contributed by atoms with Crippen molar-refractivity contribution in [1.82, 2.24) is 4.90 Å². The molecule has 1 aromatic carbocycles. The predicted molar refractivity (Wildman–Crippen MR) is 89.0 cm³/mol. The number of hydrogen-bond acceptors (Lipinski definition) is 5. The smallest absolute Gasteiger partial charge is 0.341 e. The largest absolute Gasteiger partial charge is 0.493 e. The fourth-order valence-electron chi connectivity index (χ4n) is 2.96. The molecule has 0 aromatic heterocycles. The van der Waals surface area contributed by atoms with E-state index in [9.17, 15) is 4.79 Å². The van der Waals surface area contributed by atoms with Gasteiger partial charge in [0.2, 0.25) is 0 Å². The van der Waals surface area contributed by atoms with E-state index in [4.69, 9.17) is 14.2 Å². The SMILES string of the molecule is COC(=O)c1ccccc1OCCCCN1C[C@@H](C)O[C@H](C)C1. The Morgan fingerprint density at radius 3 is 2.61 bits per heavy atom. The van der Waals surface area contributed by atoms with Gasteiger partial charge in [0, 0.05) is 13.1 Å². The summed E-state index contributed by atoms with van der Waals surface area (Å²) < 4.78 is 16.3. The van der Waals surface area contributed by atoms with Crippen LogP contribution in [0.3, 0.4) is 0 Å². The Kier molecular flexibility index (Phi) is 6.86. The van der Waals surface area contributed by atoms with Crippen LogP contribution in [0.1, 0.15) is 37.0 Å². The van der Waals surface area contributed by atoms with E-state index >= 15 is 0 Å². The maximum Gasteiger partial charge on any atom is 0.341 e. The number of benzene rings is 1. The van der Waals surface area contributed by atoms with E-state index in [-0.39, 0.29) is 5.97 Å². The quantitative estimate of drug-likeness (QED) is 0.571. The second kappa shape index (κ2) is 8.89. The number of hydrogen-bond donors (Lipinski definition) is 0. The monoisotopic (exact) mass is 321 g/mol. The highest BCUT2D eigenvalue weighted by Crippen LogP contribution is 2.19. The standard InChI is InChI=1S/C18H27NO4/c1-14-12-19(13-15(2)23-14)10-6-7-11-22-17-9-5-4-8-16(17)18(20)21-3/h4-5,8-9,14-15H,6-7,10-13H2,1-3H3/t14-,15-/m1/s1. The fraction of sp³-hybridized carbons (Fsp3) is 0.611. The zero-order valence-electron chi connectivity index (χ0n) is 14.3. The Labute approximate surface area is 138 Å². The molecule has 2 atom stereocenters. The highest BCUT2D eigenvalue weighted by Gasteiger charge is 2.21. The van der Waals surface area contributed by atoms with Crippen LogP contribution in [-0.2, 0) is 9.47 Å². The van der Waals surface area contributed by atoms with Gasteiger partial charge in [-0.3, -0.25) is 4.90 Å².